The Kier molecular flexibility index (Phi) is 4.73. The van der Waals surface area contributed by atoms with Crippen LogP contribution >= 0.6 is 12.2 Å². The smallest absolute Gasteiger partial charge is 0.191 e. The highest BCUT2D eigenvalue weighted by atomic mass is 32.1. The van der Waals surface area contributed by atoms with Gasteiger partial charge in [-0.1, -0.05) is 6.07 Å². The van der Waals surface area contributed by atoms with Crippen LogP contribution in [0.15, 0.2) is 53.8 Å². The van der Waals surface area contributed by atoms with Crippen molar-refractivity contribution in [2.24, 2.45) is 5.10 Å². The average Bonchev–Trinajstić information content (AvgIpc) is 2.48. The van der Waals surface area contributed by atoms with Crippen LogP contribution in [0.4, 0.5) is 10.1 Å². The highest BCUT2D eigenvalue weighted by molar-refractivity contribution is 7.80. The van der Waals surface area contributed by atoms with Crippen LogP contribution in [-0.2, 0) is 0 Å². The van der Waals surface area contributed by atoms with Gasteiger partial charge in [0.2, 0.25) is 0 Å². The molecule has 102 valence electrons. The summed E-state index contributed by atoms with van der Waals surface area (Å²) in [6.07, 6.45) is 1.70. The minimum atomic E-state index is -0.293. The summed E-state index contributed by atoms with van der Waals surface area (Å²) in [7, 11) is 0. The van der Waals surface area contributed by atoms with Crippen molar-refractivity contribution in [1.82, 2.24) is 10.4 Å². The number of anilines is 1. The van der Waals surface area contributed by atoms with E-state index < -0.39 is 0 Å². The lowest BCUT2D eigenvalue weighted by molar-refractivity contribution is 0.628. The fraction of sp³-hybridized carbons (Fsp3) is 0.0714. The van der Waals surface area contributed by atoms with Crippen molar-refractivity contribution in [3.63, 3.8) is 0 Å². The average molecular weight is 288 g/mol. The number of pyridine rings is 1. The second kappa shape index (κ2) is 6.72. The molecule has 0 spiro atoms. The molecule has 6 heteroatoms. The fourth-order valence-electron chi connectivity index (χ4n) is 1.46. The highest BCUT2D eigenvalue weighted by Crippen LogP contribution is 2.07. The van der Waals surface area contributed by atoms with E-state index in [4.69, 9.17) is 12.2 Å². The van der Waals surface area contributed by atoms with E-state index in [9.17, 15) is 4.39 Å². The van der Waals surface area contributed by atoms with Gasteiger partial charge in [0, 0.05) is 11.9 Å². The molecule has 1 aromatic carbocycles. The third-order valence-electron chi connectivity index (χ3n) is 2.46. The van der Waals surface area contributed by atoms with E-state index in [0.717, 1.165) is 5.69 Å². The third-order valence-corrected chi connectivity index (χ3v) is 2.66. The molecule has 0 saturated heterocycles. The Morgan fingerprint density at radius 1 is 1.20 bits per heavy atom. The van der Waals surface area contributed by atoms with Crippen molar-refractivity contribution < 1.29 is 4.39 Å². The normalized spacial score (nSPS) is 11.0. The molecule has 20 heavy (non-hydrogen) atoms. The quantitative estimate of drug-likeness (QED) is 0.518. The summed E-state index contributed by atoms with van der Waals surface area (Å²) in [6, 6.07) is 11.5. The molecular weight excluding hydrogens is 275 g/mol. The molecule has 2 N–H and O–H groups in total. The predicted molar refractivity (Wildman–Crippen MR) is 82.2 cm³/mol. The van der Waals surface area contributed by atoms with E-state index in [-0.39, 0.29) is 5.82 Å². The highest BCUT2D eigenvalue weighted by Gasteiger charge is 1.99. The molecule has 0 radical (unpaired) electrons. The molecule has 0 aliphatic rings. The zero-order valence-electron chi connectivity index (χ0n) is 10.8. The number of aromatic nitrogens is 1. The van der Waals surface area contributed by atoms with Crippen molar-refractivity contribution in [3.05, 3.63) is 60.2 Å². The van der Waals surface area contributed by atoms with Gasteiger partial charge in [0.1, 0.15) is 5.82 Å². The molecule has 1 aromatic heterocycles. The van der Waals surface area contributed by atoms with Crippen molar-refractivity contribution in [2.45, 2.75) is 6.92 Å². The lowest BCUT2D eigenvalue weighted by atomic mass is 10.3. The van der Waals surface area contributed by atoms with Crippen molar-refractivity contribution in [2.75, 3.05) is 5.32 Å². The molecular formula is C14H13FN4S. The molecule has 0 unspecified atom stereocenters. The molecule has 0 bridgehead atoms. The number of hydrogen-bond acceptors (Lipinski definition) is 3. The molecule has 2 aromatic rings. The molecule has 0 aliphatic heterocycles. The molecule has 1 heterocycles. The number of benzene rings is 1. The Morgan fingerprint density at radius 2 is 1.95 bits per heavy atom. The maximum atomic E-state index is 12.8. The minimum absolute atomic E-state index is 0.293. The number of nitrogens with zero attached hydrogens (tertiary/aromatic N) is 2. The number of halogens is 1. The van der Waals surface area contributed by atoms with Crippen molar-refractivity contribution in [1.29, 1.82) is 0 Å². The van der Waals surface area contributed by atoms with E-state index >= 15 is 0 Å². The van der Waals surface area contributed by atoms with Gasteiger partial charge in [-0.05, 0) is 55.5 Å². The van der Waals surface area contributed by atoms with Crippen LogP contribution in [-0.4, -0.2) is 15.8 Å². The number of hydrogen-bond donors (Lipinski definition) is 2. The van der Waals surface area contributed by atoms with Gasteiger partial charge in [0.15, 0.2) is 5.11 Å². The first-order valence-electron chi connectivity index (χ1n) is 5.93. The topological polar surface area (TPSA) is 49.3 Å². The summed E-state index contributed by atoms with van der Waals surface area (Å²) in [5.74, 6) is -0.293. The summed E-state index contributed by atoms with van der Waals surface area (Å²) in [5, 5.41) is 7.36. The van der Waals surface area contributed by atoms with E-state index in [0.29, 0.717) is 16.5 Å². The number of thiocarbonyl (C=S) groups is 1. The first kappa shape index (κ1) is 14.1. The summed E-state index contributed by atoms with van der Waals surface area (Å²) in [6.45, 7) is 1.83. The van der Waals surface area contributed by atoms with E-state index in [1.165, 1.54) is 12.1 Å². The van der Waals surface area contributed by atoms with Crippen LogP contribution in [0.5, 0.6) is 0 Å². The Morgan fingerprint density at radius 3 is 2.60 bits per heavy atom. The maximum absolute atomic E-state index is 12.8. The maximum Gasteiger partial charge on any atom is 0.191 e. The van der Waals surface area contributed by atoms with Crippen molar-refractivity contribution >= 4 is 28.7 Å². The van der Waals surface area contributed by atoms with E-state index in [1.807, 2.05) is 25.1 Å². The Hall–Kier alpha value is -2.34. The Balaban J connectivity index is 1.93. The largest absolute Gasteiger partial charge is 0.331 e. The molecule has 0 atom stereocenters. The zero-order chi connectivity index (χ0) is 14.4. The predicted octanol–water partition coefficient (Wildman–Crippen LogP) is 2.93. The third kappa shape index (κ3) is 4.10. The van der Waals surface area contributed by atoms with Gasteiger partial charge in [-0.15, -0.1) is 0 Å². The molecule has 2 rings (SSSR count). The van der Waals surface area contributed by atoms with Crippen LogP contribution in [0.1, 0.15) is 12.6 Å². The summed E-state index contributed by atoms with van der Waals surface area (Å²) in [5.41, 5.74) is 4.89. The number of hydrazone groups is 1. The zero-order valence-corrected chi connectivity index (χ0v) is 11.6. The van der Waals surface area contributed by atoms with Gasteiger partial charge in [-0.2, -0.15) is 5.10 Å². The molecule has 0 amide bonds. The lowest BCUT2D eigenvalue weighted by Crippen LogP contribution is -2.25. The molecule has 0 fully saturated rings. The standard InChI is InChI=1S/C14H13FN4S/c1-10(13-4-2-3-9-16-13)18-19-14(20)17-12-7-5-11(15)6-8-12/h2-9H,1H3,(H2,17,19,20)/b18-10+. The first-order valence-corrected chi connectivity index (χ1v) is 6.34. The van der Waals surface area contributed by atoms with E-state index in [2.05, 4.69) is 20.8 Å². The van der Waals surface area contributed by atoms with Crippen molar-refractivity contribution in [3.8, 4) is 0 Å². The first-order chi connectivity index (χ1) is 9.65. The summed E-state index contributed by atoms with van der Waals surface area (Å²) >= 11 is 5.09. The second-order valence-corrected chi connectivity index (χ2v) is 4.39. The van der Waals surface area contributed by atoms with E-state index in [1.54, 1.807) is 18.3 Å². The van der Waals surface area contributed by atoms with Crippen LogP contribution in [0.3, 0.4) is 0 Å². The second-order valence-electron chi connectivity index (χ2n) is 3.99. The SMILES string of the molecule is C/C(=N\NC(=S)Nc1ccc(F)cc1)c1ccccn1. The Bertz CT molecular complexity index is 611. The van der Waals surface area contributed by atoms with Gasteiger partial charge in [0.05, 0.1) is 11.4 Å². The van der Waals surface area contributed by atoms with Crippen LogP contribution in [0, 0.1) is 5.82 Å². The number of rotatable bonds is 3. The fourth-order valence-corrected chi connectivity index (χ4v) is 1.62. The number of nitrogens with one attached hydrogen (secondary N) is 2. The van der Waals surface area contributed by atoms with Gasteiger partial charge < -0.3 is 5.32 Å². The molecule has 0 aliphatic carbocycles. The van der Waals surface area contributed by atoms with Gasteiger partial charge in [-0.25, -0.2) is 4.39 Å². The van der Waals surface area contributed by atoms with Gasteiger partial charge >= 0.3 is 0 Å². The van der Waals surface area contributed by atoms with Crippen LogP contribution in [0.2, 0.25) is 0 Å². The monoisotopic (exact) mass is 288 g/mol. The summed E-state index contributed by atoms with van der Waals surface area (Å²) in [4.78, 5) is 4.17. The summed E-state index contributed by atoms with van der Waals surface area (Å²) < 4.78 is 12.8. The lowest BCUT2D eigenvalue weighted by Gasteiger charge is -2.07. The molecule has 0 saturated carbocycles. The van der Waals surface area contributed by atoms with Gasteiger partial charge in [0.25, 0.3) is 0 Å². The minimum Gasteiger partial charge on any atom is -0.331 e. The molecule has 4 nitrogen and oxygen atoms in total. The van der Waals surface area contributed by atoms with Gasteiger partial charge in [-0.3, -0.25) is 10.4 Å². The van der Waals surface area contributed by atoms with Crippen LogP contribution < -0.4 is 10.7 Å². The Labute approximate surface area is 121 Å². The van der Waals surface area contributed by atoms with Crippen LogP contribution in [0.25, 0.3) is 0 Å².